The highest BCUT2D eigenvalue weighted by molar-refractivity contribution is 5.92. The van der Waals surface area contributed by atoms with Gasteiger partial charge in [-0.15, -0.1) is 0 Å². The second kappa shape index (κ2) is 11.8. The van der Waals surface area contributed by atoms with Crippen LogP contribution in [0.15, 0.2) is 97.1 Å². The lowest BCUT2D eigenvalue weighted by Crippen LogP contribution is -2.43. The van der Waals surface area contributed by atoms with E-state index in [-0.39, 0.29) is 18.9 Å². The number of amides is 1. The second-order valence-corrected chi connectivity index (χ2v) is 10.5. The topological polar surface area (TPSA) is 101 Å². The number of fused-ring (bicyclic) bond motifs is 4. The number of nitrogens with one attached hydrogen (secondary N) is 2. The molecule has 1 amide bonds. The highest BCUT2D eigenvalue weighted by atomic mass is 16.5. The Kier molecular flexibility index (Phi) is 7.64. The third-order valence-electron chi connectivity index (χ3n) is 7.75. The average molecular weight is 561 g/mol. The first kappa shape index (κ1) is 27.1. The van der Waals surface area contributed by atoms with Crippen LogP contribution in [-0.2, 0) is 16.0 Å². The zero-order valence-electron chi connectivity index (χ0n) is 23.3. The van der Waals surface area contributed by atoms with Crippen molar-refractivity contribution >= 4 is 23.0 Å². The molecule has 1 aromatic heterocycles. The van der Waals surface area contributed by atoms with Gasteiger partial charge in [0.1, 0.15) is 18.4 Å². The van der Waals surface area contributed by atoms with Gasteiger partial charge in [-0.2, -0.15) is 0 Å². The van der Waals surface area contributed by atoms with Gasteiger partial charge < -0.3 is 24.9 Å². The van der Waals surface area contributed by atoms with Crippen LogP contribution >= 0.6 is 0 Å². The van der Waals surface area contributed by atoms with Crippen molar-refractivity contribution in [3.05, 3.63) is 114 Å². The van der Waals surface area contributed by atoms with E-state index < -0.39 is 18.1 Å². The lowest BCUT2D eigenvalue weighted by atomic mass is 9.98. The number of carbonyl (C=O) groups is 2. The second-order valence-electron chi connectivity index (χ2n) is 10.5. The molecule has 6 rings (SSSR count). The molecule has 212 valence electrons. The Morgan fingerprint density at radius 3 is 2.31 bits per heavy atom. The molecule has 5 aromatic rings. The molecule has 0 aliphatic heterocycles. The van der Waals surface area contributed by atoms with Crippen LogP contribution in [0.25, 0.3) is 33.3 Å². The Morgan fingerprint density at radius 1 is 0.905 bits per heavy atom. The number of aliphatic carboxylic acids is 1. The Morgan fingerprint density at radius 2 is 1.60 bits per heavy atom. The monoisotopic (exact) mass is 560 g/mol. The standard InChI is InChI=1S/C35H32N2O5/c1-2-18-41-23-11-9-10-22(19-23)33-29(28-16-7-8-17-31(28)36-33)20-32(34(38)39)37-35(40)42-21-30-26-14-5-3-12-24(26)25-13-4-6-15-27(25)30/h3-17,19,30,32,36H,2,18,20-21H2,1H3,(H,37,40)(H,38,39). The van der Waals surface area contributed by atoms with Crippen LogP contribution in [0, 0.1) is 0 Å². The predicted molar refractivity (Wildman–Crippen MR) is 163 cm³/mol. The Bertz CT molecular complexity index is 1710. The van der Waals surface area contributed by atoms with Gasteiger partial charge in [-0.25, -0.2) is 9.59 Å². The van der Waals surface area contributed by atoms with Crippen LogP contribution in [0.1, 0.15) is 36.0 Å². The number of carboxylic acid groups (broad SMARTS) is 1. The summed E-state index contributed by atoms with van der Waals surface area (Å²) >= 11 is 0. The van der Waals surface area contributed by atoms with Gasteiger partial charge in [0.05, 0.1) is 6.61 Å². The SMILES string of the molecule is CCCOc1cccc(-c2[nH]c3ccccc3c2CC(NC(=O)OCC2c3ccccc3-c3ccccc32)C(=O)O)c1. The summed E-state index contributed by atoms with van der Waals surface area (Å²) in [5.74, 6) is -0.515. The van der Waals surface area contributed by atoms with Gasteiger partial charge in [-0.05, 0) is 52.4 Å². The quantitative estimate of drug-likeness (QED) is 0.168. The smallest absolute Gasteiger partial charge is 0.407 e. The van der Waals surface area contributed by atoms with Crippen molar-refractivity contribution in [1.82, 2.24) is 10.3 Å². The first-order valence-corrected chi connectivity index (χ1v) is 14.2. The van der Waals surface area contributed by atoms with Crippen molar-refractivity contribution in [1.29, 1.82) is 0 Å². The minimum absolute atomic E-state index is 0.0684. The molecule has 1 aliphatic rings. The van der Waals surface area contributed by atoms with Crippen LogP contribution in [0.5, 0.6) is 5.75 Å². The van der Waals surface area contributed by atoms with E-state index >= 15 is 0 Å². The Balaban J connectivity index is 1.22. The maximum absolute atomic E-state index is 13.0. The van der Waals surface area contributed by atoms with Crippen molar-refractivity contribution in [2.45, 2.75) is 31.7 Å². The van der Waals surface area contributed by atoms with Crippen molar-refractivity contribution in [2.75, 3.05) is 13.2 Å². The molecule has 0 spiro atoms. The van der Waals surface area contributed by atoms with Crippen LogP contribution in [0.3, 0.4) is 0 Å². The van der Waals surface area contributed by atoms with Crippen LogP contribution < -0.4 is 10.1 Å². The van der Waals surface area contributed by atoms with Crippen molar-refractivity contribution < 1.29 is 24.2 Å². The van der Waals surface area contributed by atoms with Gasteiger partial charge in [0.25, 0.3) is 0 Å². The summed E-state index contributed by atoms with van der Waals surface area (Å²) in [6.07, 6.45) is 0.198. The number of carbonyl (C=O) groups excluding carboxylic acids is 1. The van der Waals surface area contributed by atoms with Crippen LogP contribution in [0.4, 0.5) is 4.79 Å². The maximum Gasteiger partial charge on any atom is 0.407 e. The number of para-hydroxylation sites is 1. The molecule has 42 heavy (non-hydrogen) atoms. The molecule has 1 heterocycles. The summed E-state index contributed by atoms with van der Waals surface area (Å²) in [6, 6.07) is 30.4. The first-order chi connectivity index (χ1) is 20.5. The zero-order chi connectivity index (χ0) is 29.1. The molecule has 0 bridgehead atoms. The van der Waals surface area contributed by atoms with Crippen LogP contribution in [-0.4, -0.2) is 41.4 Å². The fourth-order valence-electron chi connectivity index (χ4n) is 5.81. The van der Waals surface area contributed by atoms with Gasteiger partial charge in [-0.3, -0.25) is 0 Å². The molecule has 0 saturated carbocycles. The fraction of sp³-hybridized carbons (Fsp3) is 0.200. The van der Waals surface area contributed by atoms with Crippen LogP contribution in [0.2, 0.25) is 0 Å². The van der Waals surface area contributed by atoms with Crippen molar-refractivity contribution in [3.63, 3.8) is 0 Å². The summed E-state index contributed by atoms with van der Waals surface area (Å²) in [7, 11) is 0. The van der Waals surface area contributed by atoms with Gasteiger partial charge in [0.15, 0.2) is 0 Å². The van der Waals surface area contributed by atoms with E-state index in [4.69, 9.17) is 9.47 Å². The largest absolute Gasteiger partial charge is 0.494 e. The van der Waals surface area contributed by atoms with E-state index in [1.165, 1.54) is 0 Å². The summed E-state index contributed by atoms with van der Waals surface area (Å²) in [5.41, 5.74) is 7.78. The Hall–Kier alpha value is -5.04. The molecule has 1 aliphatic carbocycles. The van der Waals surface area contributed by atoms with E-state index in [0.717, 1.165) is 62.1 Å². The minimum Gasteiger partial charge on any atom is -0.494 e. The number of ether oxygens (including phenoxy) is 2. The third-order valence-corrected chi connectivity index (χ3v) is 7.75. The number of aromatic nitrogens is 1. The molecule has 0 radical (unpaired) electrons. The molecular weight excluding hydrogens is 528 g/mol. The summed E-state index contributed by atoms with van der Waals surface area (Å²) in [5, 5.41) is 13.6. The molecule has 7 heteroatoms. The number of hydrogen-bond acceptors (Lipinski definition) is 4. The number of hydrogen-bond donors (Lipinski definition) is 3. The molecule has 0 fully saturated rings. The average Bonchev–Trinajstić information content (AvgIpc) is 3.54. The number of alkyl carbamates (subject to hydrolysis) is 1. The maximum atomic E-state index is 13.0. The summed E-state index contributed by atoms with van der Waals surface area (Å²) < 4.78 is 11.5. The molecule has 0 saturated heterocycles. The first-order valence-electron chi connectivity index (χ1n) is 14.2. The lowest BCUT2D eigenvalue weighted by Gasteiger charge is -2.18. The molecule has 7 nitrogen and oxygen atoms in total. The molecule has 4 aromatic carbocycles. The van der Waals surface area contributed by atoms with Gasteiger partial charge in [-0.1, -0.05) is 85.8 Å². The number of H-pyrrole nitrogens is 1. The van der Waals surface area contributed by atoms with Crippen molar-refractivity contribution in [3.8, 4) is 28.1 Å². The summed E-state index contributed by atoms with van der Waals surface area (Å²) in [4.78, 5) is 28.9. The van der Waals surface area contributed by atoms with Gasteiger partial charge in [0, 0.05) is 34.5 Å². The summed E-state index contributed by atoms with van der Waals surface area (Å²) in [6.45, 7) is 2.76. The van der Waals surface area contributed by atoms with E-state index in [9.17, 15) is 14.7 Å². The number of benzene rings is 4. The Labute approximate surface area is 244 Å². The van der Waals surface area contributed by atoms with E-state index in [0.29, 0.717) is 6.61 Å². The van der Waals surface area contributed by atoms with Crippen molar-refractivity contribution in [2.24, 2.45) is 0 Å². The predicted octanol–water partition coefficient (Wildman–Crippen LogP) is 7.16. The third kappa shape index (κ3) is 5.33. The fourth-order valence-corrected chi connectivity index (χ4v) is 5.81. The number of rotatable bonds is 10. The molecule has 3 N–H and O–H groups in total. The number of aromatic amines is 1. The number of carboxylic acids is 1. The van der Waals surface area contributed by atoms with Gasteiger partial charge in [0.2, 0.25) is 0 Å². The van der Waals surface area contributed by atoms with E-state index in [2.05, 4.69) is 29.4 Å². The molecule has 1 atom stereocenters. The molecular formula is C35H32N2O5. The van der Waals surface area contributed by atoms with E-state index in [1.807, 2.05) is 84.9 Å². The van der Waals surface area contributed by atoms with E-state index in [1.54, 1.807) is 0 Å². The zero-order valence-corrected chi connectivity index (χ0v) is 23.3. The highest BCUT2D eigenvalue weighted by Crippen LogP contribution is 2.44. The normalized spacial score (nSPS) is 12.9. The molecule has 1 unspecified atom stereocenters. The lowest BCUT2D eigenvalue weighted by molar-refractivity contribution is -0.139. The highest BCUT2D eigenvalue weighted by Gasteiger charge is 2.30. The van der Waals surface area contributed by atoms with Gasteiger partial charge >= 0.3 is 12.1 Å². The minimum atomic E-state index is -1.20.